The number of benzene rings is 2. The van der Waals surface area contributed by atoms with Crippen molar-refractivity contribution in [2.45, 2.75) is 13.5 Å². The van der Waals surface area contributed by atoms with Gasteiger partial charge in [-0.1, -0.05) is 24.3 Å². The summed E-state index contributed by atoms with van der Waals surface area (Å²) in [5, 5.41) is 2.59. The Morgan fingerprint density at radius 2 is 1.84 bits per heavy atom. The van der Waals surface area contributed by atoms with Crippen LogP contribution in [0.3, 0.4) is 0 Å². The molecule has 130 valence electrons. The van der Waals surface area contributed by atoms with Crippen LogP contribution in [0.15, 0.2) is 48.5 Å². The van der Waals surface area contributed by atoms with Gasteiger partial charge in [-0.15, -0.1) is 0 Å². The number of amides is 2. The summed E-state index contributed by atoms with van der Waals surface area (Å²) in [7, 11) is 0. The van der Waals surface area contributed by atoms with Crippen LogP contribution in [0.25, 0.3) is 6.08 Å². The summed E-state index contributed by atoms with van der Waals surface area (Å²) < 4.78 is 28.4. The molecule has 0 atom stereocenters. The van der Waals surface area contributed by atoms with E-state index in [1.54, 1.807) is 25.1 Å². The maximum absolute atomic E-state index is 12.1. The zero-order valence-electron chi connectivity index (χ0n) is 13.3. The van der Waals surface area contributed by atoms with Gasteiger partial charge in [0.1, 0.15) is 5.75 Å². The predicted octanol–water partition coefficient (Wildman–Crippen LogP) is 3.35. The van der Waals surface area contributed by atoms with E-state index in [0.29, 0.717) is 16.8 Å². The Morgan fingerprint density at radius 1 is 1.16 bits per heavy atom. The lowest BCUT2D eigenvalue weighted by molar-refractivity contribution is -0.111. The third-order valence-electron chi connectivity index (χ3n) is 3.31. The van der Waals surface area contributed by atoms with E-state index in [1.165, 1.54) is 36.4 Å². The number of hydrogen-bond donors (Lipinski definition) is 2. The molecule has 7 heteroatoms. The number of nitrogens with one attached hydrogen (secondary N) is 1. The highest BCUT2D eigenvalue weighted by Crippen LogP contribution is 2.19. The molecule has 0 unspecified atom stereocenters. The Bertz CT molecular complexity index is 802. The van der Waals surface area contributed by atoms with Gasteiger partial charge < -0.3 is 15.8 Å². The molecule has 2 aromatic carbocycles. The van der Waals surface area contributed by atoms with E-state index in [9.17, 15) is 18.4 Å². The molecule has 0 aliphatic carbocycles. The largest absolute Gasteiger partial charge is 0.435 e. The highest BCUT2D eigenvalue weighted by atomic mass is 19.3. The van der Waals surface area contributed by atoms with Crippen molar-refractivity contribution in [3.05, 3.63) is 65.2 Å². The molecule has 0 fully saturated rings. The number of primary amides is 1. The average molecular weight is 346 g/mol. The Balaban J connectivity index is 2.07. The van der Waals surface area contributed by atoms with Gasteiger partial charge in [-0.05, 0) is 42.3 Å². The molecule has 0 radical (unpaired) electrons. The van der Waals surface area contributed by atoms with Gasteiger partial charge in [0.05, 0.1) is 11.3 Å². The second kappa shape index (κ2) is 8.05. The fourth-order valence-corrected chi connectivity index (χ4v) is 2.21. The number of ether oxygens (including phenoxy) is 1. The highest BCUT2D eigenvalue weighted by molar-refractivity contribution is 6.07. The molecule has 3 N–H and O–H groups in total. The predicted molar refractivity (Wildman–Crippen MR) is 90.4 cm³/mol. The van der Waals surface area contributed by atoms with Crippen LogP contribution in [0.4, 0.5) is 14.5 Å². The van der Waals surface area contributed by atoms with Crippen LogP contribution in [-0.2, 0) is 4.79 Å². The lowest BCUT2D eigenvalue weighted by Gasteiger charge is -2.09. The monoisotopic (exact) mass is 346 g/mol. The minimum atomic E-state index is -2.89. The van der Waals surface area contributed by atoms with Crippen molar-refractivity contribution in [1.82, 2.24) is 0 Å². The van der Waals surface area contributed by atoms with Crippen LogP contribution in [0.5, 0.6) is 5.75 Å². The van der Waals surface area contributed by atoms with E-state index in [4.69, 9.17) is 5.73 Å². The van der Waals surface area contributed by atoms with E-state index in [1.807, 2.05) is 0 Å². The van der Waals surface area contributed by atoms with Gasteiger partial charge in [0.25, 0.3) is 5.91 Å². The summed E-state index contributed by atoms with van der Waals surface area (Å²) >= 11 is 0. The number of anilines is 1. The van der Waals surface area contributed by atoms with Crippen molar-refractivity contribution < 1.29 is 23.1 Å². The number of carbonyl (C=O) groups excluding carboxylic acids is 2. The number of rotatable bonds is 6. The lowest BCUT2D eigenvalue weighted by Crippen LogP contribution is -2.18. The zero-order chi connectivity index (χ0) is 18.4. The van der Waals surface area contributed by atoms with E-state index < -0.39 is 18.4 Å². The summed E-state index contributed by atoms with van der Waals surface area (Å²) in [6.07, 6.45) is 2.76. The molecule has 0 saturated heterocycles. The second-order valence-corrected chi connectivity index (χ2v) is 5.13. The molecular weight excluding hydrogens is 330 g/mol. The number of hydrogen-bond acceptors (Lipinski definition) is 3. The summed E-state index contributed by atoms with van der Waals surface area (Å²) in [4.78, 5) is 23.5. The molecule has 2 aromatic rings. The standard InChI is InChI=1S/C18H16F2N2O3/c1-11-3-2-4-14(16(11)17(21)24)22-15(23)10-7-12-5-8-13(9-6-12)25-18(19)20/h2-10,18H,1H3,(H2,21,24)(H,22,23). The fourth-order valence-electron chi connectivity index (χ4n) is 2.21. The second-order valence-electron chi connectivity index (χ2n) is 5.13. The smallest absolute Gasteiger partial charge is 0.387 e. The minimum absolute atomic E-state index is 0.0301. The summed E-state index contributed by atoms with van der Waals surface area (Å²) in [6.45, 7) is -1.17. The third-order valence-corrected chi connectivity index (χ3v) is 3.31. The van der Waals surface area contributed by atoms with E-state index in [0.717, 1.165) is 0 Å². The van der Waals surface area contributed by atoms with Crippen molar-refractivity contribution >= 4 is 23.6 Å². The van der Waals surface area contributed by atoms with Crippen LogP contribution in [0, 0.1) is 6.92 Å². The van der Waals surface area contributed by atoms with Gasteiger partial charge >= 0.3 is 6.61 Å². The Morgan fingerprint density at radius 3 is 2.44 bits per heavy atom. The van der Waals surface area contributed by atoms with Crippen molar-refractivity contribution in [2.75, 3.05) is 5.32 Å². The van der Waals surface area contributed by atoms with Gasteiger partial charge in [0, 0.05) is 6.08 Å². The van der Waals surface area contributed by atoms with Crippen LogP contribution in [0.2, 0.25) is 0 Å². The topological polar surface area (TPSA) is 81.4 Å². The number of carbonyl (C=O) groups is 2. The fraction of sp³-hybridized carbons (Fsp3) is 0.111. The molecule has 0 aliphatic rings. The van der Waals surface area contributed by atoms with Gasteiger partial charge in [0.2, 0.25) is 5.91 Å². The molecule has 2 amide bonds. The maximum atomic E-state index is 12.1. The summed E-state index contributed by atoms with van der Waals surface area (Å²) in [5.74, 6) is -1.06. The molecule has 0 aliphatic heterocycles. The molecule has 0 spiro atoms. The van der Waals surface area contributed by atoms with E-state index in [2.05, 4.69) is 10.1 Å². The first-order valence-electron chi connectivity index (χ1n) is 7.30. The number of alkyl halides is 2. The van der Waals surface area contributed by atoms with Crippen molar-refractivity contribution in [2.24, 2.45) is 5.73 Å². The number of halogens is 2. The molecule has 0 saturated carbocycles. The van der Waals surface area contributed by atoms with Gasteiger partial charge in [-0.25, -0.2) is 0 Å². The van der Waals surface area contributed by atoms with Crippen LogP contribution >= 0.6 is 0 Å². The SMILES string of the molecule is Cc1cccc(NC(=O)C=Cc2ccc(OC(F)F)cc2)c1C(N)=O. The Hall–Kier alpha value is -3.22. The molecule has 2 rings (SSSR count). The third kappa shape index (κ3) is 5.13. The first-order chi connectivity index (χ1) is 11.9. The highest BCUT2D eigenvalue weighted by Gasteiger charge is 2.12. The zero-order valence-corrected chi connectivity index (χ0v) is 13.3. The van der Waals surface area contributed by atoms with Crippen molar-refractivity contribution in [1.29, 1.82) is 0 Å². The normalized spacial score (nSPS) is 10.9. The molecule has 25 heavy (non-hydrogen) atoms. The molecule has 0 bridgehead atoms. The van der Waals surface area contributed by atoms with Gasteiger partial charge in [0.15, 0.2) is 0 Å². The quantitative estimate of drug-likeness (QED) is 0.787. The Kier molecular flexibility index (Phi) is 5.84. The summed E-state index contributed by atoms with van der Waals surface area (Å²) in [5.41, 5.74) is 7.18. The van der Waals surface area contributed by atoms with Crippen LogP contribution < -0.4 is 15.8 Å². The molecular formula is C18H16F2N2O3. The first kappa shape index (κ1) is 18.1. The van der Waals surface area contributed by atoms with Crippen LogP contribution in [0.1, 0.15) is 21.5 Å². The molecule has 0 aromatic heterocycles. The van der Waals surface area contributed by atoms with Crippen molar-refractivity contribution in [3.8, 4) is 5.75 Å². The number of aryl methyl sites for hydroxylation is 1. The lowest BCUT2D eigenvalue weighted by atomic mass is 10.1. The molecule has 0 heterocycles. The van der Waals surface area contributed by atoms with Crippen LogP contribution in [-0.4, -0.2) is 18.4 Å². The van der Waals surface area contributed by atoms with E-state index in [-0.39, 0.29) is 11.3 Å². The average Bonchev–Trinajstić information content (AvgIpc) is 2.53. The van der Waals surface area contributed by atoms with E-state index >= 15 is 0 Å². The van der Waals surface area contributed by atoms with Gasteiger partial charge in [-0.2, -0.15) is 8.78 Å². The van der Waals surface area contributed by atoms with Gasteiger partial charge in [-0.3, -0.25) is 9.59 Å². The first-order valence-corrected chi connectivity index (χ1v) is 7.30. The number of nitrogens with two attached hydrogens (primary N) is 1. The molecule has 5 nitrogen and oxygen atoms in total. The minimum Gasteiger partial charge on any atom is -0.435 e. The summed E-state index contributed by atoms with van der Waals surface area (Å²) in [6, 6.07) is 10.8. The maximum Gasteiger partial charge on any atom is 0.387 e. The Labute approximate surface area is 143 Å². The van der Waals surface area contributed by atoms with Crippen molar-refractivity contribution in [3.63, 3.8) is 0 Å².